The number of hydrogen-bond donors (Lipinski definition) is 1. The van der Waals surface area contributed by atoms with Crippen LogP contribution >= 0.6 is 11.3 Å². The van der Waals surface area contributed by atoms with Gasteiger partial charge in [0.05, 0.1) is 16.1 Å². The molecule has 2 heterocycles. The molecule has 5 rings (SSSR count). The van der Waals surface area contributed by atoms with Crippen molar-refractivity contribution in [2.75, 3.05) is 6.54 Å². The summed E-state index contributed by atoms with van der Waals surface area (Å²) in [5, 5.41) is 10.6. The topological polar surface area (TPSA) is 70.5 Å². The number of nitrogens with zero attached hydrogens (tertiary/aromatic N) is 2. The number of carbonyl (C=O) groups is 2. The third kappa shape index (κ3) is 4.16. The Hall–Kier alpha value is -2.73. The first-order chi connectivity index (χ1) is 15.6. The number of amides is 1. The first-order valence-corrected chi connectivity index (χ1v) is 12.4. The van der Waals surface area contributed by atoms with Gasteiger partial charge in [-0.3, -0.25) is 9.59 Å². The van der Waals surface area contributed by atoms with E-state index in [1.165, 1.54) is 4.70 Å². The molecule has 3 unspecified atom stereocenters. The highest BCUT2D eigenvalue weighted by Gasteiger charge is 2.43. The van der Waals surface area contributed by atoms with Crippen molar-refractivity contribution >= 4 is 33.4 Å². The third-order valence-corrected chi connectivity index (χ3v) is 8.20. The van der Waals surface area contributed by atoms with E-state index in [1.807, 2.05) is 29.2 Å². The smallest absolute Gasteiger partial charge is 0.306 e. The summed E-state index contributed by atoms with van der Waals surface area (Å²) >= 11 is 1.69. The van der Waals surface area contributed by atoms with Gasteiger partial charge in [-0.15, -0.1) is 11.3 Å². The minimum atomic E-state index is -0.694. The van der Waals surface area contributed by atoms with Crippen LogP contribution < -0.4 is 0 Å². The molecule has 1 saturated heterocycles. The highest BCUT2D eigenvalue weighted by Crippen LogP contribution is 2.39. The van der Waals surface area contributed by atoms with Gasteiger partial charge in [-0.1, -0.05) is 43.2 Å². The SMILES string of the molecule is O=C(O)C1CCN(C(=O)CCc2cccc(-c3nc4ccccc4s3)c2)C2CCCCC12. The molecule has 1 amide bonds. The zero-order valence-corrected chi connectivity index (χ0v) is 18.9. The fourth-order valence-electron chi connectivity index (χ4n) is 5.52. The summed E-state index contributed by atoms with van der Waals surface area (Å²) in [4.78, 5) is 31.6. The van der Waals surface area contributed by atoms with Crippen LogP contribution in [-0.4, -0.2) is 39.5 Å². The zero-order chi connectivity index (χ0) is 22.1. The number of para-hydroxylation sites is 1. The molecule has 6 heteroatoms. The first kappa shape index (κ1) is 21.1. The van der Waals surface area contributed by atoms with Crippen molar-refractivity contribution in [1.29, 1.82) is 0 Å². The molecule has 3 aromatic rings. The van der Waals surface area contributed by atoms with Gasteiger partial charge in [-0.05, 0) is 55.4 Å². The maximum absolute atomic E-state index is 13.1. The number of benzene rings is 2. The van der Waals surface area contributed by atoms with Crippen LogP contribution in [0.25, 0.3) is 20.8 Å². The van der Waals surface area contributed by atoms with Crippen LogP contribution in [0.15, 0.2) is 48.5 Å². The number of aryl methyl sites for hydroxylation is 1. The highest BCUT2D eigenvalue weighted by atomic mass is 32.1. The molecule has 2 aliphatic rings. The fraction of sp³-hybridized carbons (Fsp3) is 0.423. The Kier molecular flexibility index (Phi) is 5.96. The van der Waals surface area contributed by atoms with E-state index in [-0.39, 0.29) is 23.8 Å². The maximum Gasteiger partial charge on any atom is 0.306 e. The number of carbonyl (C=O) groups excluding carboxylic acids is 1. The van der Waals surface area contributed by atoms with Crippen LogP contribution in [0.3, 0.4) is 0 Å². The summed E-state index contributed by atoms with van der Waals surface area (Å²) in [6, 6.07) is 16.6. The molecule has 5 nitrogen and oxygen atoms in total. The summed E-state index contributed by atoms with van der Waals surface area (Å²) in [5.74, 6) is -0.715. The zero-order valence-electron chi connectivity index (χ0n) is 18.1. The lowest BCUT2D eigenvalue weighted by atomic mass is 9.71. The van der Waals surface area contributed by atoms with Crippen LogP contribution in [-0.2, 0) is 16.0 Å². The van der Waals surface area contributed by atoms with E-state index < -0.39 is 5.97 Å². The number of aliphatic carboxylic acids is 1. The average Bonchev–Trinajstić information content (AvgIpc) is 3.26. The van der Waals surface area contributed by atoms with Crippen LogP contribution in [0.5, 0.6) is 0 Å². The van der Waals surface area contributed by atoms with E-state index >= 15 is 0 Å². The lowest BCUT2D eigenvalue weighted by Crippen LogP contribution is -2.54. The molecule has 32 heavy (non-hydrogen) atoms. The van der Waals surface area contributed by atoms with Gasteiger partial charge in [0.15, 0.2) is 0 Å². The number of thiazole rings is 1. The Bertz CT molecular complexity index is 1110. The number of piperidine rings is 1. The monoisotopic (exact) mass is 448 g/mol. The number of hydrogen-bond acceptors (Lipinski definition) is 4. The van der Waals surface area contributed by atoms with Gasteiger partial charge >= 0.3 is 5.97 Å². The molecule has 1 aliphatic heterocycles. The van der Waals surface area contributed by atoms with Crippen LogP contribution in [0.4, 0.5) is 0 Å². The predicted molar refractivity (Wildman–Crippen MR) is 127 cm³/mol. The molecule has 1 N–H and O–H groups in total. The number of carboxylic acids is 1. The fourth-order valence-corrected chi connectivity index (χ4v) is 6.48. The maximum atomic E-state index is 13.1. The summed E-state index contributed by atoms with van der Waals surface area (Å²) in [6.07, 6.45) is 5.75. The molecule has 1 saturated carbocycles. The van der Waals surface area contributed by atoms with Gasteiger partial charge in [-0.25, -0.2) is 4.98 Å². The normalized spacial score (nSPS) is 23.1. The van der Waals surface area contributed by atoms with Gasteiger partial charge in [0.1, 0.15) is 5.01 Å². The Labute approximate surface area is 192 Å². The molecular weight excluding hydrogens is 420 g/mol. The van der Waals surface area contributed by atoms with Crippen molar-refractivity contribution in [3.8, 4) is 10.6 Å². The third-order valence-electron chi connectivity index (χ3n) is 7.11. The minimum Gasteiger partial charge on any atom is -0.481 e. The van der Waals surface area contributed by atoms with Gasteiger partial charge < -0.3 is 10.0 Å². The second-order valence-electron chi connectivity index (χ2n) is 9.02. The van der Waals surface area contributed by atoms with Gasteiger partial charge in [0, 0.05) is 24.6 Å². The quantitative estimate of drug-likeness (QED) is 0.568. The Morgan fingerprint density at radius 3 is 2.75 bits per heavy atom. The van der Waals surface area contributed by atoms with Crippen molar-refractivity contribution in [3.05, 3.63) is 54.1 Å². The summed E-state index contributed by atoms with van der Waals surface area (Å²) < 4.78 is 1.18. The molecule has 0 bridgehead atoms. The Balaban J connectivity index is 1.27. The van der Waals surface area contributed by atoms with E-state index in [0.717, 1.165) is 47.3 Å². The van der Waals surface area contributed by atoms with Crippen LogP contribution in [0.1, 0.15) is 44.1 Å². The number of aromatic nitrogens is 1. The van der Waals surface area contributed by atoms with Crippen molar-refractivity contribution in [3.63, 3.8) is 0 Å². The van der Waals surface area contributed by atoms with Gasteiger partial charge in [0.25, 0.3) is 0 Å². The van der Waals surface area contributed by atoms with E-state index in [0.29, 0.717) is 25.8 Å². The molecule has 1 aliphatic carbocycles. The second-order valence-corrected chi connectivity index (χ2v) is 10.1. The first-order valence-electron chi connectivity index (χ1n) is 11.6. The van der Waals surface area contributed by atoms with E-state index in [4.69, 9.17) is 4.98 Å². The minimum absolute atomic E-state index is 0.0974. The summed E-state index contributed by atoms with van der Waals surface area (Å²) in [5.41, 5.74) is 3.24. The molecule has 3 atom stereocenters. The number of carboxylic acid groups (broad SMARTS) is 1. The molecule has 2 aromatic carbocycles. The lowest BCUT2D eigenvalue weighted by molar-refractivity contribution is -0.153. The molecule has 0 spiro atoms. The Morgan fingerprint density at radius 1 is 1.06 bits per heavy atom. The van der Waals surface area contributed by atoms with Crippen molar-refractivity contribution in [1.82, 2.24) is 9.88 Å². The summed E-state index contributed by atoms with van der Waals surface area (Å²) in [6.45, 7) is 0.572. The van der Waals surface area contributed by atoms with Crippen molar-refractivity contribution in [2.24, 2.45) is 11.8 Å². The largest absolute Gasteiger partial charge is 0.481 e. The van der Waals surface area contributed by atoms with Gasteiger partial charge in [0.2, 0.25) is 5.91 Å². The summed E-state index contributed by atoms with van der Waals surface area (Å²) in [7, 11) is 0. The van der Waals surface area contributed by atoms with Gasteiger partial charge in [-0.2, -0.15) is 0 Å². The Morgan fingerprint density at radius 2 is 1.91 bits per heavy atom. The average molecular weight is 449 g/mol. The number of rotatable bonds is 5. The molecule has 2 fully saturated rings. The molecule has 1 aromatic heterocycles. The van der Waals surface area contributed by atoms with Crippen LogP contribution in [0.2, 0.25) is 0 Å². The van der Waals surface area contributed by atoms with E-state index in [9.17, 15) is 14.7 Å². The van der Waals surface area contributed by atoms with Crippen molar-refractivity contribution in [2.45, 2.75) is 51.0 Å². The number of fused-ring (bicyclic) bond motifs is 2. The highest BCUT2D eigenvalue weighted by molar-refractivity contribution is 7.21. The van der Waals surface area contributed by atoms with Crippen LogP contribution in [0, 0.1) is 11.8 Å². The molecule has 166 valence electrons. The predicted octanol–water partition coefficient (Wildman–Crippen LogP) is 5.39. The van der Waals surface area contributed by atoms with E-state index in [2.05, 4.69) is 24.3 Å². The second kappa shape index (κ2) is 9.02. The molecular formula is C26H28N2O3S. The number of likely N-dealkylation sites (tertiary alicyclic amines) is 1. The van der Waals surface area contributed by atoms with E-state index in [1.54, 1.807) is 11.3 Å². The van der Waals surface area contributed by atoms with Crippen molar-refractivity contribution < 1.29 is 14.7 Å². The lowest BCUT2D eigenvalue weighted by Gasteiger charge is -2.47. The standard InChI is InChI=1S/C26H28N2O3S/c29-24(28-15-14-20(26(30)31)19-8-1-3-10-22(19)28)13-12-17-6-5-7-18(16-17)25-27-21-9-2-4-11-23(21)32-25/h2,4-7,9,11,16,19-20,22H,1,3,8,10,12-15H2,(H,30,31). The molecule has 0 radical (unpaired) electrons.